The van der Waals surface area contributed by atoms with E-state index in [1.165, 1.54) is 0 Å². The summed E-state index contributed by atoms with van der Waals surface area (Å²) in [6, 6.07) is 9.27. The minimum absolute atomic E-state index is 0.00377. The quantitative estimate of drug-likeness (QED) is 0.738. The molecule has 6 heteroatoms. The number of carbonyl (C=O) groups excluding carboxylic acids is 1. The topological polar surface area (TPSA) is 89.3 Å². The summed E-state index contributed by atoms with van der Waals surface area (Å²) in [5, 5.41) is 2.82. The zero-order chi connectivity index (χ0) is 16.0. The largest absolute Gasteiger partial charge is 0.356 e. The molecule has 1 aromatic rings. The summed E-state index contributed by atoms with van der Waals surface area (Å²) in [4.78, 5) is 11.9. The number of sulfone groups is 1. The van der Waals surface area contributed by atoms with E-state index in [2.05, 4.69) is 5.32 Å². The van der Waals surface area contributed by atoms with Crippen molar-refractivity contribution in [3.63, 3.8) is 0 Å². The van der Waals surface area contributed by atoms with Gasteiger partial charge in [-0.1, -0.05) is 30.3 Å². The molecule has 2 unspecified atom stereocenters. The zero-order valence-electron chi connectivity index (χ0n) is 12.7. The average molecular weight is 324 g/mol. The second-order valence-corrected chi connectivity index (χ2v) is 8.18. The molecule has 1 aromatic carbocycles. The van der Waals surface area contributed by atoms with E-state index in [1.807, 2.05) is 30.3 Å². The first-order chi connectivity index (χ1) is 10.5. The molecule has 1 amide bonds. The van der Waals surface area contributed by atoms with E-state index in [-0.39, 0.29) is 29.4 Å². The highest BCUT2D eigenvalue weighted by Gasteiger charge is 2.27. The molecule has 1 aliphatic rings. The molecule has 1 aliphatic carbocycles. The van der Waals surface area contributed by atoms with E-state index >= 15 is 0 Å². The van der Waals surface area contributed by atoms with Crippen LogP contribution < -0.4 is 11.1 Å². The summed E-state index contributed by atoms with van der Waals surface area (Å²) in [5.74, 6) is 0.148. The van der Waals surface area contributed by atoms with Gasteiger partial charge in [-0.2, -0.15) is 0 Å². The Morgan fingerprint density at radius 2 is 1.95 bits per heavy atom. The lowest BCUT2D eigenvalue weighted by Gasteiger charge is -2.11. The lowest BCUT2D eigenvalue weighted by atomic mass is 10.1. The molecule has 5 nitrogen and oxygen atoms in total. The normalized spacial score (nSPS) is 21.7. The van der Waals surface area contributed by atoms with Crippen molar-refractivity contribution in [2.45, 2.75) is 37.5 Å². The molecule has 0 radical (unpaired) electrons. The second kappa shape index (κ2) is 7.74. The van der Waals surface area contributed by atoms with E-state index < -0.39 is 9.84 Å². The smallest absolute Gasteiger partial charge is 0.223 e. The van der Waals surface area contributed by atoms with Crippen LogP contribution in [-0.2, 0) is 20.4 Å². The van der Waals surface area contributed by atoms with Crippen LogP contribution in [0.4, 0.5) is 0 Å². The maximum atomic E-state index is 12.0. The molecule has 22 heavy (non-hydrogen) atoms. The Morgan fingerprint density at radius 1 is 1.23 bits per heavy atom. The third kappa shape index (κ3) is 5.42. The Labute approximate surface area is 132 Å². The van der Waals surface area contributed by atoms with Gasteiger partial charge in [0.15, 0.2) is 9.84 Å². The molecule has 3 N–H and O–H groups in total. The first-order valence-corrected chi connectivity index (χ1v) is 9.56. The minimum Gasteiger partial charge on any atom is -0.356 e. The van der Waals surface area contributed by atoms with Gasteiger partial charge in [-0.3, -0.25) is 4.79 Å². The second-order valence-electron chi connectivity index (χ2n) is 5.99. The van der Waals surface area contributed by atoms with E-state index in [4.69, 9.17) is 5.73 Å². The number of nitrogens with two attached hydrogens (primary N) is 1. The number of nitrogens with one attached hydrogen (secondary N) is 1. The summed E-state index contributed by atoms with van der Waals surface area (Å²) >= 11 is 0. The highest BCUT2D eigenvalue weighted by molar-refractivity contribution is 7.90. The molecule has 0 spiro atoms. The van der Waals surface area contributed by atoms with E-state index in [9.17, 15) is 13.2 Å². The van der Waals surface area contributed by atoms with Crippen molar-refractivity contribution >= 4 is 15.7 Å². The van der Waals surface area contributed by atoms with Crippen molar-refractivity contribution in [2.24, 2.45) is 11.7 Å². The van der Waals surface area contributed by atoms with Gasteiger partial charge in [0.05, 0.1) is 11.5 Å². The van der Waals surface area contributed by atoms with Crippen LogP contribution in [0, 0.1) is 5.92 Å². The van der Waals surface area contributed by atoms with Crippen molar-refractivity contribution < 1.29 is 13.2 Å². The Bertz CT molecular complexity index is 587. The summed E-state index contributed by atoms with van der Waals surface area (Å²) in [6.45, 7) is 0.401. The van der Waals surface area contributed by atoms with Crippen molar-refractivity contribution in [2.75, 3.05) is 12.3 Å². The molecule has 1 saturated carbocycles. The summed E-state index contributed by atoms with van der Waals surface area (Å²) in [6.07, 6.45) is 2.90. The van der Waals surface area contributed by atoms with Gasteiger partial charge in [-0.05, 0) is 31.2 Å². The predicted octanol–water partition coefficient (Wildman–Crippen LogP) is 1.24. The molecule has 0 aliphatic heterocycles. The van der Waals surface area contributed by atoms with Crippen LogP contribution >= 0.6 is 0 Å². The SMILES string of the molecule is NC1CCC(C(=O)NCCCS(=O)(=O)Cc2ccccc2)C1. The Balaban J connectivity index is 1.68. The molecule has 0 heterocycles. The zero-order valence-corrected chi connectivity index (χ0v) is 13.5. The van der Waals surface area contributed by atoms with Crippen LogP contribution in [0.1, 0.15) is 31.2 Å². The van der Waals surface area contributed by atoms with E-state index in [1.54, 1.807) is 0 Å². The van der Waals surface area contributed by atoms with Crippen LogP contribution in [0.2, 0.25) is 0 Å². The lowest BCUT2D eigenvalue weighted by molar-refractivity contribution is -0.124. The van der Waals surface area contributed by atoms with E-state index in [0.717, 1.165) is 24.8 Å². The predicted molar refractivity (Wildman–Crippen MR) is 86.9 cm³/mol. The molecule has 2 atom stereocenters. The fraction of sp³-hybridized carbons (Fsp3) is 0.562. The molecule has 2 rings (SSSR count). The van der Waals surface area contributed by atoms with Gasteiger partial charge in [0, 0.05) is 18.5 Å². The highest BCUT2D eigenvalue weighted by Crippen LogP contribution is 2.23. The fourth-order valence-electron chi connectivity index (χ4n) is 2.80. The minimum atomic E-state index is -3.13. The third-order valence-corrected chi connectivity index (χ3v) is 5.69. The molecule has 122 valence electrons. The average Bonchev–Trinajstić information content (AvgIpc) is 2.91. The summed E-state index contributed by atoms with van der Waals surface area (Å²) in [5.41, 5.74) is 6.59. The summed E-state index contributed by atoms with van der Waals surface area (Å²) in [7, 11) is -3.13. The number of hydrogen-bond acceptors (Lipinski definition) is 4. The van der Waals surface area contributed by atoms with Gasteiger partial charge < -0.3 is 11.1 Å². The van der Waals surface area contributed by atoms with Gasteiger partial charge in [0.1, 0.15) is 0 Å². The number of amides is 1. The number of benzene rings is 1. The van der Waals surface area contributed by atoms with Crippen molar-refractivity contribution in [1.82, 2.24) is 5.32 Å². The van der Waals surface area contributed by atoms with Crippen LogP contribution in [-0.4, -0.2) is 32.7 Å². The first-order valence-electron chi connectivity index (χ1n) is 7.74. The van der Waals surface area contributed by atoms with Gasteiger partial charge in [0.2, 0.25) is 5.91 Å². The van der Waals surface area contributed by atoms with Gasteiger partial charge in [-0.25, -0.2) is 8.42 Å². The summed E-state index contributed by atoms with van der Waals surface area (Å²) < 4.78 is 24.0. The Hall–Kier alpha value is -1.40. The van der Waals surface area contributed by atoms with Gasteiger partial charge >= 0.3 is 0 Å². The first kappa shape index (κ1) is 17.0. The maximum absolute atomic E-state index is 12.0. The molecule has 1 fully saturated rings. The highest BCUT2D eigenvalue weighted by atomic mass is 32.2. The Kier molecular flexibility index (Phi) is 5.97. The molecule has 0 bridgehead atoms. The lowest BCUT2D eigenvalue weighted by Crippen LogP contribution is -2.32. The van der Waals surface area contributed by atoms with Crippen LogP contribution in [0.25, 0.3) is 0 Å². The monoisotopic (exact) mass is 324 g/mol. The number of carbonyl (C=O) groups is 1. The van der Waals surface area contributed by atoms with Gasteiger partial charge in [-0.15, -0.1) is 0 Å². The van der Waals surface area contributed by atoms with Crippen LogP contribution in [0.5, 0.6) is 0 Å². The van der Waals surface area contributed by atoms with Crippen molar-refractivity contribution in [3.8, 4) is 0 Å². The van der Waals surface area contributed by atoms with Crippen LogP contribution in [0.15, 0.2) is 30.3 Å². The van der Waals surface area contributed by atoms with Crippen molar-refractivity contribution in [1.29, 1.82) is 0 Å². The fourth-order valence-corrected chi connectivity index (χ4v) is 4.23. The third-order valence-electron chi connectivity index (χ3n) is 4.00. The number of rotatable bonds is 7. The molecule has 0 aromatic heterocycles. The van der Waals surface area contributed by atoms with Crippen molar-refractivity contribution in [3.05, 3.63) is 35.9 Å². The molecule has 0 saturated heterocycles. The van der Waals surface area contributed by atoms with Crippen LogP contribution in [0.3, 0.4) is 0 Å². The molecular formula is C16H24N2O3S. The molecular weight excluding hydrogens is 300 g/mol. The maximum Gasteiger partial charge on any atom is 0.223 e. The van der Waals surface area contributed by atoms with Gasteiger partial charge in [0.25, 0.3) is 0 Å². The van der Waals surface area contributed by atoms with E-state index in [0.29, 0.717) is 13.0 Å². The Morgan fingerprint density at radius 3 is 2.59 bits per heavy atom. The number of hydrogen-bond donors (Lipinski definition) is 2. The standard InChI is InChI=1S/C16H24N2O3S/c17-15-8-7-14(11-15)16(19)18-9-4-10-22(20,21)12-13-5-2-1-3-6-13/h1-3,5-6,14-15H,4,7-12,17H2,(H,18,19).